The molecule has 168 valence electrons. The molecule has 0 radical (unpaired) electrons. The van der Waals surface area contributed by atoms with Crippen molar-refractivity contribution in [3.8, 4) is 0 Å². The summed E-state index contributed by atoms with van der Waals surface area (Å²) in [6, 6.07) is 11.5. The Bertz CT molecular complexity index is 1390. The van der Waals surface area contributed by atoms with E-state index in [0.29, 0.717) is 32.9 Å². The van der Waals surface area contributed by atoms with Gasteiger partial charge in [-0.05, 0) is 36.4 Å². The van der Waals surface area contributed by atoms with Gasteiger partial charge < -0.3 is 5.73 Å². The SMILES string of the molecule is CC(C)c1nnc2ccc(C(C=Nc3c(Cl)cccc3Cl)=C(N)c3ccc(F)cc3F)nn12. The van der Waals surface area contributed by atoms with E-state index in [1.807, 2.05) is 13.8 Å². The zero-order valence-electron chi connectivity index (χ0n) is 17.6. The van der Waals surface area contributed by atoms with E-state index in [1.54, 1.807) is 34.8 Å². The first-order chi connectivity index (χ1) is 15.8. The Kier molecular flexibility index (Phi) is 6.40. The van der Waals surface area contributed by atoms with Gasteiger partial charge in [-0.15, -0.1) is 10.2 Å². The predicted molar refractivity (Wildman–Crippen MR) is 127 cm³/mol. The maximum absolute atomic E-state index is 14.6. The van der Waals surface area contributed by atoms with Crippen molar-refractivity contribution < 1.29 is 8.78 Å². The molecule has 0 fully saturated rings. The summed E-state index contributed by atoms with van der Waals surface area (Å²) < 4.78 is 29.6. The van der Waals surface area contributed by atoms with Crippen molar-refractivity contribution in [3.63, 3.8) is 0 Å². The van der Waals surface area contributed by atoms with Gasteiger partial charge in [-0.1, -0.05) is 43.1 Å². The normalized spacial score (nSPS) is 12.7. The lowest BCUT2D eigenvalue weighted by molar-refractivity contribution is 0.581. The highest BCUT2D eigenvalue weighted by atomic mass is 35.5. The van der Waals surface area contributed by atoms with Crippen LogP contribution in [0.25, 0.3) is 16.9 Å². The fourth-order valence-corrected chi connectivity index (χ4v) is 3.67. The Morgan fingerprint density at radius 1 is 1.06 bits per heavy atom. The number of allylic oxidation sites excluding steroid dienone is 1. The summed E-state index contributed by atoms with van der Waals surface area (Å²) in [4.78, 5) is 4.40. The number of para-hydroxylation sites is 1. The van der Waals surface area contributed by atoms with Crippen molar-refractivity contribution in [1.82, 2.24) is 19.8 Å². The van der Waals surface area contributed by atoms with E-state index < -0.39 is 11.6 Å². The molecule has 0 aliphatic rings. The number of fused-ring (bicyclic) bond motifs is 1. The van der Waals surface area contributed by atoms with Crippen molar-refractivity contribution in [2.75, 3.05) is 0 Å². The van der Waals surface area contributed by atoms with Gasteiger partial charge in [0.2, 0.25) is 0 Å². The smallest absolute Gasteiger partial charge is 0.177 e. The molecule has 0 unspecified atom stereocenters. The quantitative estimate of drug-likeness (QED) is 0.347. The maximum atomic E-state index is 14.6. The van der Waals surface area contributed by atoms with E-state index in [0.717, 1.165) is 12.1 Å². The van der Waals surface area contributed by atoms with Crippen LogP contribution in [0.4, 0.5) is 14.5 Å². The van der Waals surface area contributed by atoms with E-state index >= 15 is 0 Å². The molecule has 0 saturated heterocycles. The molecule has 2 aromatic heterocycles. The van der Waals surface area contributed by atoms with Crippen molar-refractivity contribution >= 4 is 52.0 Å². The summed E-state index contributed by atoms with van der Waals surface area (Å²) in [5, 5.41) is 13.6. The monoisotopic (exact) mass is 486 g/mol. The van der Waals surface area contributed by atoms with Gasteiger partial charge >= 0.3 is 0 Å². The summed E-state index contributed by atoms with van der Waals surface area (Å²) in [7, 11) is 0. The van der Waals surface area contributed by atoms with Crippen LogP contribution in [0.5, 0.6) is 0 Å². The lowest BCUT2D eigenvalue weighted by atomic mass is 10.0. The van der Waals surface area contributed by atoms with E-state index in [-0.39, 0.29) is 22.8 Å². The fourth-order valence-electron chi connectivity index (χ4n) is 3.18. The molecular weight excluding hydrogens is 469 g/mol. The highest BCUT2D eigenvalue weighted by molar-refractivity contribution is 6.39. The average molecular weight is 487 g/mol. The number of hydrogen-bond acceptors (Lipinski definition) is 5. The average Bonchev–Trinajstić information content (AvgIpc) is 3.19. The molecule has 0 atom stereocenters. The topological polar surface area (TPSA) is 81.5 Å². The van der Waals surface area contributed by atoms with E-state index in [4.69, 9.17) is 28.9 Å². The molecule has 6 nitrogen and oxygen atoms in total. The molecule has 2 heterocycles. The number of aromatic nitrogens is 4. The Morgan fingerprint density at radius 2 is 1.79 bits per heavy atom. The minimum atomic E-state index is -0.817. The van der Waals surface area contributed by atoms with E-state index in [1.165, 1.54) is 12.3 Å². The molecule has 0 spiro atoms. The second-order valence-corrected chi connectivity index (χ2v) is 8.30. The van der Waals surface area contributed by atoms with Crippen LogP contribution in [0.2, 0.25) is 10.0 Å². The minimum absolute atomic E-state index is 0.00200. The van der Waals surface area contributed by atoms with Crippen molar-refractivity contribution in [2.24, 2.45) is 10.7 Å². The second kappa shape index (κ2) is 9.25. The molecule has 0 saturated carbocycles. The number of hydrogen-bond donors (Lipinski definition) is 1. The largest absolute Gasteiger partial charge is 0.398 e. The van der Waals surface area contributed by atoms with Gasteiger partial charge in [-0.2, -0.15) is 9.61 Å². The molecule has 33 heavy (non-hydrogen) atoms. The molecule has 0 bridgehead atoms. The Morgan fingerprint density at radius 3 is 2.45 bits per heavy atom. The van der Waals surface area contributed by atoms with E-state index in [2.05, 4.69) is 20.3 Å². The number of nitrogens with zero attached hydrogens (tertiary/aromatic N) is 5. The van der Waals surface area contributed by atoms with Gasteiger partial charge in [-0.3, -0.25) is 4.99 Å². The summed E-state index contributed by atoms with van der Waals surface area (Å²) >= 11 is 12.5. The van der Waals surface area contributed by atoms with Crippen LogP contribution in [0.1, 0.15) is 36.8 Å². The van der Waals surface area contributed by atoms with Crippen LogP contribution in [-0.4, -0.2) is 26.0 Å². The van der Waals surface area contributed by atoms with E-state index in [9.17, 15) is 8.78 Å². The summed E-state index contributed by atoms with van der Waals surface area (Å²) in [6.07, 6.45) is 1.40. The molecule has 0 aliphatic heterocycles. The Labute approximate surface area is 198 Å². The first kappa shape index (κ1) is 22.8. The van der Waals surface area contributed by atoms with Gasteiger partial charge in [-0.25, -0.2) is 8.78 Å². The third-order valence-corrected chi connectivity index (χ3v) is 5.46. The van der Waals surface area contributed by atoms with Crippen molar-refractivity contribution in [1.29, 1.82) is 0 Å². The molecule has 0 aliphatic carbocycles. The number of rotatable bonds is 5. The summed E-state index contributed by atoms with van der Waals surface area (Å²) in [6.45, 7) is 3.93. The molecule has 4 aromatic rings. The Balaban J connectivity index is 1.94. The molecule has 2 aromatic carbocycles. The lowest BCUT2D eigenvalue weighted by Gasteiger charge is -2.11. The number of halogens is 4. The predicted octanol–water partition coefficient (Wildman–Crippen LogP) is 6.06. The number of aliphatic imine (C=N–C) groups is 1. The van der Waals surface area contributed by atoms with Crippen LogP contribution >= 0.6 is 23.2 Å². The molecule has 2 N–H and O–H groups in total. The van der Waals surface area contributed by atoms with Gasteiger partial charge in [0, 0.05) is 29.3 Å². The third kappa shape index (κ3) is 4.58. The van der Waals surface area contributed by atoms with Gasteiger partial charge in [0.05, 0.1) is 21.4 Å². The zero-order valence-corrected chi connectivity index (χ0v) is 19.1. The maximum Gasteiger partial charge on any atom is 0.177 e. The summed E-state index contributed by atoms with van der Waals surface area (Å²) in [5.41, 5.74) is 7.87. The zero-order chi connectivity index (χ0) is 23.7. The van der Waals surface area contributed by atoms with Crippen LogP contribution in [-0.2, 0) is 0 Å². The van der Waals surface area contributed by atoms with Crippen LogP contribution in [0.15, 0.2) is 53.5 Å². The third-order valence-electron chi connectivity index (χ3n) is 4.85. The van der Waals surface area contributed by atoms with Crippen molar-refractivity contribution in [2.45, 2.75) is 19.8 Å². The lowest BCUT2D eigenvalue weighted by Crippen LogP contribution is -2.09. The molecular formula is C23H18Cl2F2N6. The molecule has 10 heteroatoms. The van der Waals surface area contributed by atoms with Gasteiger partial charge in [0.25, 0.3) is 0 Å². The first-order valence-electron chi connectivity index (χ1n) is 9.92. The molecule has 4 rings (SSSR count). The number of benzene rings is 2. The van der Waals surface area contributed by atoms with Gasteiger partial charge in [0.1, 0.15) is 17.3 Å². The first-order valence-corrected chi connectivity index (χ1v) is 10.7. The number of nitrogens with two attached hydrogens (primary N) is 1. The highest BCUT2D eigenvalue weighted by Crippen LogP contribution is 2.33. The summed E-state index contributed by atoms with van der Waals surface area (Å²) in [5.74, 6) is -0.836. The van der Waals surface area contributed by atoms with Gasteiger partial charge in [0.15, 0.2) is 11.5 Å². The fraction of sp³-hybridized carbons (Fsp3) is 0.130. The van der Waals surface area contributed by atoms with Crippen LogP contribution in [0.3, 0.4) is 0 Å². The highest BCUT2D eigenvalue weighted by Gasteiger charge is 2.17. The van der Waals surface area contributed by atoms with Crippen LogP contribution in [0, 0.1) is 11.6 Å². The second-order valence-electron chi connectivity index (χ2n) is 7.48. The van der Waals surface area contributed by atoms with Crippen molar-refractivity contribution in [3.05, 3.63) is 87.3 Å². The standard InChI is InChI=1S/C23H18Cl2F2N6/c1-12(2)23-31-30-20-9-8-19(32-33(20)23)15(11-29-22-16(24)4-3-5-17(22)25)21(28)14-7-6-13(26)10-18(14)27/h3-12H,28H2,1-2H3. The minimum Gasteiger partial charge on any atom is -0.398 e. The molecule has 0 amide bonds. The Hall–Kier alpha value is -3.36. The van der Waals surface area contributed by atoms with Crippen LogP contribution < -0.4 is 5.73 Å².